The van der Waals surface area contributed by atoms with Crippen molar-refractivity contribution in [1.82, 2.24) is 0 Å². The van der Waals surface area contributed by atoms with E-state index in [0.29, 0.717) is 17.6 Å². The SMILES string of the molecule is C/C=C(/C)C(=O)O[C@H]1C[C@H](OC(=O)/C(C)=C/C)C(C)(C)[C@@H]2[C@H]3C(=O)C=C(C)[C@@H]2[C@@]13C. The minimum Gasteiger partial charge on any atom is -0.458 e. The van der Waals surface area contributed by atoms with Crippen LogP contribution in [0.15, 0.2) is 34.9 Å². The Morgan fingerprint density at radius 1 is 0.967 bits per heavy atom. The molecule has 4 bridgehead atoms. The van der Waals surface area contributed by atoms with Gasteiger partial charge >= 0.3 is 11.9 Å². The molecule has 0 unspecified atom stereocenters. The Hall–Kier alpha value is -2.17. The average Bonchev–Trinajstić information content (AvgIpc) is 2.78. The standard InChI is InChI=1S/C25H34O5/c1-9-13(3)22(27)29-17-12-18(30-23(28)14(4)10-2)25(8)19-15(5)11-16(26)20(25)21(19)24(17,6)7/h9-11,17-21H,12H2,1-8H3/b13-9+,14-10-/t17-,18-,19-,20+,21-,25+/m0/s1. The van der Waals surface area contributed by atoms with Crippen LogP contribution in [0.2, 0.25) is 0 Å². The molecule has 6 atom stereocenters. The molecule has 0 radical (unpaired) electrons. The molecule has 0 aromatic rings. The first-order valence-electron chi connectivity index (χ1n) is 10.8. The zero-order valence-electron chi connectivity index (χ0n) is 19.4. The largest absolute Gasteiger partial charge is 0.458 e. The molecule has 0 spiro atoms. The van der Waals surface area contributed by atoms with Crippen LogP contribution < -0.4 is 0 Å². The summed E-state index contributed by atoms with van der Waals surface area (Å²) in [5.74, 6) is -0.722. The summed E-state index contributed by atoms with van der Waals surface area (Å²) in [6.45, 7) is 15.3. The van der Waals surface area contributed by atoms with Gasteiger partial charge in [0.05, 0.1) is 0 Å². The molecule has 2 fully saturated rings. The highest BCUT2D eigenvalue weighted by atomic mass is 16.6. The van der Waals surface area contributed by atoms with Crippen molar-refractivity contribution in [2.24, 2.45) is 28.6 Å². The van der Waals surface area contributed by atoms with Crippen LogP contribution in [0.3, 0.4) is 0 Å². The Kier molecular flexibility index (Phi) is 5.63. The molecule has 5 nitrogen and oxygen atoms in total. The van der Waals surface area contributed by atoms with E-state index in [-0.39, 0.29) is 35.5 Å². The first kappa shape index (κ1) is 22.5. The van der Waals surface area contributed by atoms with Crippen molar-refractivity contribution in [3.63, 3.8) is 0 Å². The molecule has 3 rings (SSSR count). The van der Waals surface area contributed by atoms with Gasteiger partial charge in [0.1, 0.15) is 12.2 Å². The molecule has 30 heavy (non-hydrogen) atoms. The van der Waals surface area contributed by atoms with Gasteiger partial charge in [-0.1, -0.05) is 38.5 Å². The van der Waals surface area contributed by atoms with Crippen LogP contribution in [0.5, 0.6) is 0 Å². The molecule has 2 saturated carbocycles. The highest BCUT2D eigenvalue weighted by Crippen LogP contribution is 2.72. The maximum absolute atomic E-state index is 13.1. The van der Waals surface area contributed by atoms with E-state index in [2.05, 4.69) is 20.8 Å². The molecule has 0 N–H and O–H groups in total. The molecule has 0 amide bonds. The lowest BCUT2D eigenvalue weighted by Crippen LogP contribution is -2.67. The first-order valence-corrected chi connectivity index (χ1v) is 10.8. The molecular weight excluding hydrogens is 380 g/mol. The van der Waals surface area contributed by atoms with Gasteiger partial charge in [-0.2, -0.15) is 0 Å². The topological polar surface area (TPSA) is 69.7 Å². The number of carbonyl (C=O) groups excluding carboxylic acids is 3. The number of ether oxygens (including phenoxy) is 2. The molecule has 0 heterocycles. The minimum absolute atomic E-state index is 0.0511. The van der Waals surface area contributed by atoms with Crippen molar-refractivity contribution >= 4 is 17.7 Å². The van der Waals surface area contributed by atoms with Crippen molar-refractivity contribution in [1.29, 1.82) is 0 Å². The van der Waals surface area contributed by atoms with Crippen LogP contribution in [-0.2, 0) is 23.9 Å². The fourth-order valence-corrected chi connectivity index (χ4v) is 5.98. The first-order chi connectivity index (χ1) is 13.9. The quantitative estimate of drug-likeness (QED) is 0.498. The monoisotopic (exact) mass is 414 g/mol. The van der Waals surface area contributed by atoms with Crippen LogP contribution in [0.1, 0.15) is 61.8 Å². The fourth-order valence-electron chi connectivity index (χ4n) is 5.98. The maximum Gasteiger partial charge on any atom is 0.333 e. The fraction of sp³-hybridized carbons (Fsp3) is 0.640. The van der Waals surface area contributed by atoms with Crippen LogP contribution in [0.4, 0.5) is 0 Å². The van der Waals surface area contributed by atoms with E-state index in [9.17, 15) is 14.4 Å². The molecule has 3 aliphatic rings. The lowest BCUT2D eigenvalue weighted by Gasteiger charge is -2.65. The highest BCUT2D eigenvalue weighted by molar-refractivity contribution is 5.97. The van der Waals surface area contributed by atoms with E-state index >= 15 is 0 Å². The molecular formula is C25H34O5. The number of hydrogen-bond acceptors (Lipinski definition) is 5. The van der Waals surface area contributed by atoms with E-state index in [1.54, 1.807) is 45.9 Å². The number of fused-ring (bicyclic) bond motifs is 1. The second kappa shape index (κ2) is 7.51. The summed E-state index contributed by atoms with van der Waals surface area (Å²) in [5, 5.41) is 0. The number of ketones is 1. The number of allylic oxidation sites excluding steroid dienone is 4. The van der Waals surface area contributed by atoms with Crippen molar-refractivity contribution in [2.45, 2.75) is 74.0 Å². The molecule has 5 heteroatoms. The summed E-state index contributed by atoms with van der Waals surface area (Å²) in [4.78, 5) is 38.4. The Morgan fingerprint density at radius 3 is 1.93 bits per heavy atom. The Morgan fingerprint density at radius 2 is 1.47 bits per heavy atom. The number of hydrogen-bond donors (Lipinski definition) is 0. The molecule has 0 saturated heterocycles. The predicted molar refractivity (Wildman–Crippen MR) is 114 cm³/mol. The van der Waals surface area contributed by atoms with E-state index < -0.39 is 23.0 Å². The van der Waals surface area contributed by atoms with E-state index in [4.69, 9.17) is 9.47 Å². The summed E-state index contributed by atoms with van der Waals surface area (Å²) < 4.78 is 12.0. The van der Waals surface area contributed by atoms with Gasteiger partial charge in [-0.05, 0) is 52.5 Å². The lowest BCUT2D eigenvalue weighted by atomic mass is 9.37. The third kappa shape index (κ3) is 3.09. The van der Waals surface area contributed by atoms with Crippen molar-refractivity contribution in [3.8, 4) is 0 Å². The van der Waals surface area contributed by atoms with Gasteiger partial charge in [-0.3, -0.25) is 4.79 Å². The molecule has 3 aliphatic carbocycles. The van der Waals surface area contributed by atoms with Gasteiger partial charge in [0.25, 0.3) is 0 Å². The third-order valence-electron chi connectivity index (χ3n) is 8.04. The van der Waals surface area contributed by atoms with Crippen molar-refractivity contribution in [3.05, 3.63) is 34.9 Å². The summed E-state index contributed by atoms with van der Waals surface area (Å²) in [6.07, 6.45) is 4.62. The van der Waals surface area contributed by atoms with E-state index in [0.717, 1.165) is 5.57 Å². The van der Waals surface area contributed by atoms with Crippen molar-refractivity contribution in [2.75, 3.05) is 0 Å². The van der Waals surface area contributed by atoms with Gasteiger partial charge in [0.15, 0.2) is 5.78 Å². The highest BCUT2D eigenvalue weighted by Gasteiger charge is 2.74. The predicted octanol–water partition coefficient (Wildman–Crippen LogP) is 4.57. The van der Waals surface area contributed by atoms with Crippen molar-refractivity contribution < 1.29 is 23.9 Å². The van der Waals surface area contributed by atoms with E-state index in [1.807, 2.05) is 6.92 Å². The van der Waals surface area contributed by atoms with Gasteiger partial charge in [0, 0.05) is 34.3 Å². The maximum atomic E-state index is 13.1. The van der Waals surface area contributed by atoms with E-state index in [1.165, 1.54) is 0 Å². The normalized spacial score (nSPS) is 37.5. The van der Waals surface area contributed by atoms with Crippen LogP contribution in [-0.4, -0.2) is 29.9 Å². The number of esters is 2. The van der Waals surface area contributed by atoms with Crippen LogP contribution in [0, 0.1) is 28.6 Å². The van der Waals surface area contributed by atoms with Crippen LogP contribution >= 0.6 is 0 Å². The molecule has 0 aromatic carbocycles. The molecule has 0 aromatic heterocycles. The summed E-state index contributed by atoms with van der Waals surface area (Å²) in [5.41, 5.74) is 1.18. The smallest absolute Gasteiger partial charge is 0.333 e. The van der Waals surface area contributed by atoms with Gasteiger partial charge in [-0.25, -0.2) is 9.59 Å². The Labute approximate surface area is 179 Å². The second-order valence-corrected chi connectivity index (χ2v) is 9.93. The lowest BCUT2D eigenvalue weighted by molar-refractivity contribution is -0.202. The van der Waals surface area contributed by atoms with Gasteiger partial charge < -0.3 is 9.47 Å². The number of carbonyl (C=O) groups is 3. The Balaban J connectivity index is 2.06. The average molecular weight is 415 g/mol. The summed E-state index contributed by atoms with van der Waals surface area (Å²) in [7, 11) is 0. The summed E-state index contributed by atoms with van der Waals surface area (Å²) >= 11 is 0. The van der Waals surface area contributed by atoms with Gasteiger partial charge in [-0.15, -0.1) is 0 Å². The minimum atomic E-state index is -0.510. The second-order valence-electron chi connectivity index (χ2n) is 9.93. The van der Waals surface area contributed by atoms with Gasteiger partial charge in [0.2, 0.25) is 0 Å². The summed E-state index contributed by atoms with van der Waals surface area (Å²) in [6, 6.07) is 0. The van der Waals surface area contributed by atoms with Crippen LogP contribution in [0.25, 0.3) is 0 Å². The molecule has 0 aliphatic heterocycles. The Bertz CT molecular complexity index is 874. The zero-order valence-corrected chi connectivity index (χ0v) is 19.4. The molecule has 164 valence electrons. The third-order valence-corrected chi connectivity index (χ3v) is 8.04. The number of rotatable bonds is 4. The zero-order chi connectivity index (χ0) is 22.6.